The van der Waals surface area contributed by atoms with Crippen LogP contribution >= 0.6 is 11.3 Å². The second-order valence-electron chi connectivity index (χ2n) is 7.94. The van der Waals surface area contributed by atoms with Gasteiger partial charge >= 0.3 is 12.2 Å². The molecule has 0 bridgehead atoms. The molecule has 0 aliphatic heterocycles. The first-order valence-corrected chi connectivity index (χ1v) is 11.2. The minimum atomic E-state index is -1.20. The van der Waals surface area contributed by atoms with Crippen LogP contribution < -0.4 is 16.0 Å². The van der Waals surface area contributed by atoms with Gasteiger partial charge in [-0.25, -0.2) is 9.59 Å². The fraction of sp³-hybridized carbons (Fsp3) is 0.409. The zero-order valence-electron chi connectivity index (χ0n) is 17.0. The quantitative estimate of drug-likeness (QED) is 0.520. The fourth-order valence-corrected chi connectivity index (χ4v) is 4.94. The van der Waals surface area contributed by atoms with Crippen molar-refractivity contribution >= 4 is 34.4 Å². The van der Waals surface area contributed by atoms with E-state index in [0.717, 1.165) is 28.8 Å². The molecule has 0 saturated heterocycles. The normalized spacial score (nSPS) is 17.4. The molecule has 1 saturated carbocycles. The van der Waals surface area contributed by atoms with Crippen molar-refractivity contribution in [3.63, 3.8) is 0 Å². The van der Waals surface area contributed by atoms with Gasteiger partial charge in [0, 0.05) is 17.5 Å². The van der Waals surface area contributed by atoms with Crippen LogP contribution in [0.25, 0.3) is 0 Å². The van der Waals surface area contributed by atoms with Gasteiger partial charge in [-0.05, 0) is 49.1 Å². The number of carbonyl (C=O) groups is 3. The molecule has 2 aliphatic rings. The van der Waals surface area contributed by atoms with E-state index in [1.165, 1.54) is 11.3 Å². The highest BCUT2D eigenvalue weighted by atomic mass is 32.1. The molecular weight excluding hydrogens is 418 g/mol. The van der Waals surface area contributed by atoms with Gasteiger partial charge in [-0.2, -0.15) is 0 Å². The van der Waals surface area contributed by atoms with Crippen LogP contribution in [0.5, 0.6) is 0 Å². The summed E-state index contributed by atoms with van der Waals surface area (Å²) in [6.07, 6.45) is 2.33. The maximum atomic E-state index is 12.9. The molecule has 9 heteroatoms. The molecule has 8 nitrogen and oxygen atoms in total. The molecule has 0 spiro atoms. The monoisotopic (exact) mass is 443 g/mol. The zero-order valence-corrected chi connectivity index (χ0v) is 17.8. The maximum Gasteiger partial charge on any atom is 0.409 e. The van der Waals surface area contributed by atoms with E-state index in [2.05, 4.69) is 16.0 Å². The number of fused-ring (bicyclic) bond motifs is 1. The lowest BCUT2D eigenvalue weighted by Crippen LogP contribution is -2.39. The summed E-state index contributed by atoms with van der Waals surface area (Å²) in [6.45, 7) is 0.786. The van der Waals surface area contributed by atoms with Gasteiger partial charge in [0.1, 0.15) is 11.6 Å². The predicted octanol–water partition coefficient (Wildman–Crippen LogP) is 3.76. The van der Waals surface area contributed by atoms with E-state index in [9.17, 15) is 19.5 Å². The summed E-state index contributed by atoms with van der Waals surface area (Å²) in [4.78, 5) is 37.3. The van der Waals surface area contributed by atoms with Crippen LogP contribution in [0.15, 0.2) is 30.3 Å². The van der Waals surface area contributed by atoms with Crippen molar-refractivity contribution in [3.05, 3.63) is 51.9 Å². The highest BCUT2D eigenvalue weighted by Crippen LogP contribution is 2.38. The molecule has 164 valence electrons. The number of benzene rings is 1. The molecule has 1 aromatic carbocycles. The largest absolute Gasteiger partial charge is 0.465 e. The van der Waals surface area contributed by atoms with Crippen molar-refractivity contribution in [1.29, 1.82) is 0 Å². The number of carbonyl (C=O) groups excluding carboxylic acids is 2. The number of aryl methyl sites for hydroxylation is 1. The third kappa shape index (κ3) is 5.55. The van der Waals surface area contributed by atoms with Crippen molar-refractivity contribution in [3.8, 4) is 0 Å². The highest BCUT2D eigenvalue weighted by molar-refractivity contribution is 7.17. The summed E-state index contributed by atoms with van der Waals surface area (Å²) in [5.41, 5.74) is 2.09. The molecule has 4 N–H and O–H groups in total. The minimum absolute atomic E-state index is 0.182. The van der Waals surface area contributed by atoms with E-state index in [1.807, 2.05) is 30.3 Å². The standard InChI is InChI=1S/C22H25N3O5S/c26-19(23-11-13-6-7-13)18-16-10-15(8-9-17(16)31-20(18)25-21(27)28)24-22(29)30-12-14-4-2-1-3-5-14/h1-5,13,15,25H,6-12H2,(H,23,26)(H,24,29)(H,27,28). The molecule has 1 heterocycles. The number of rotatable bonds is 7. The van der Waals surface area contributed by atoms with Gasteiger partial charge in [0.15, 0.2) is 0 Å². The Morgan fingerprint density at radius 2 is 1.90 bits per heavy atom. The Kier molecular flexibility index (Phi) is 6.41. The van der Waals surface area contributed by atoms with Crippen molar-refractivity contribution in [1.82, 2.24) is 10.6 Å². The van der Waals surface area contributed by atoms with Crippen LogP contribution in [0.2, 0.25) is 0 Å². The number of ether oxygens (including phenoxy) is 1. The zero-order chi connectivity index (χ0) is 21.8. The topological polar surface area (TPSA) is 117 Å². The second kappa shape index (κ2) is 9.38. The summed E-state index contributed by atoms with van der Waals surface area (Å²) >= 11 is 1.30. The Hall–Kier alpha value is -3.07. The summed E-state index contributed by atoms with van der Waals surface area (Å²) in [5.74, 6) is 0.253. The number of hydrogen-bond donors (Lipinski definition) is 4. The number of alkyl carbamates (subject to hydrolysis) is 1. The lowest BCUT2D eigenvalue weighted by Gasteiger charge is -2.24. The molecule has 1 atom stereocenters. The van der Waals surface area contributed by atoms with Crippen LogP contribution in [0, 0.1) is 5.92 Å². The van der Waals surface area contributed by atoms with Crippen LogP contribution in [-0.2, 0) is 24.2 Å². The summed E-state index contributed by atoms with van der Waals surface area (Å²) in [6, 6.07) is 9.25. The van der Waals surface area contributed by atoms with Gasteiger partial charge in [0.05, 0.1) is 5.56 Å². The molecule has 1 unspecified atom stereocenters. The number of carboxylic acid groups (broad SMARTS) is 1. The van der Waals surface area contributed by atoms with Gasteiger partial charge in [0.2, 0.25) is 0 Å². The molecule has 0 radical (unpaired) electrons. The molecule has 2 aliphatic carbocycles. The van der Waals surface area contributed by atoms with Crippen LogP contribution in [0.4, 0.5) is 14.6 Å². The Labute approximate surface area is 184 Å². The molecular formula is C22H25N3O5S. The SMILES string of the molecule is O=C(O)Nc1sc2c(c1C(=O)NCC1CC1)CC(NC(=O)OCc1ccccc1)CC2. The highest BCUT2D eigenvalue weighted by Gasteiger charge is 2.31. The first-order chi connectivity index (χ1) is 15.0. The molecule has 31 heavy (non-hydrogen) atoms. The molecule has 3 amide bonds. The van der Waals surface area contributed by atoms with Crippen LogP contribution in [0.1, 0.15) is 45.6 Å². The van der Waals surface area contributed by atoms with Gasteiger partial charge in [-0.15, -0.1) is 11.3 Å². The van der Waals surface area contributed by atoms with E-state index in [1.54, 1.807) is 0 Å². The van der Waals surface area contributed by atoms with Gasteiger partial charge in [-0.1, -0.05) is 30.3 Å². The number of amides is 3. The first kappa shape index (κ1) is 21.2. The van der Waals surface area contributed by atoms with E-state index in [-0.39, 0.29) is 18.6 Å². The number of thiophene rings is 1. The second-order valence-corrected chi connectivity index (χ2v) is 9.04. The van der Waals surface area contributed by atoms with Gasteiger partial charge < -0.3 is 20.5 Å². The number of hydrogen-bond acceptors (Lipinski definition) is 5. The summed E-state index contributed by atoms with van der Waals surface area (Å²) in [5, 5.41) is 17.7. The van der Waals surface area contributed by atoms with E-state index in [4.69, 9.17) is 4.74 Å². The predicted molar refractivity (Wildman–Crippen MR) is 117 cm³/mol. The lowest BCUT2D eigenvalue weighted by molar-refractivity contribution is 0.0952. The van der Waals surface area contributed by atoms with Crippen molar-refractivity contribution < 1.29 is 24.2 Å². The van der Waals surface area contributed by atoms with E-state index < -0.39 is 12.2 Å². The number of anilines is 1. The van der Waals surface area contributed by atoms with Crippen molar-refractivity contribution in [2.24, 2.45) is 5.92 Å². The van der Waals surface area contributed by atoms with Crippen molar-refractivity contribution in [2.75, 3.05) is 11.9 Å². The molecule has 1 fully saturated rings. The molecule has 2 aromatic rings. The van der Waals surface area contributed by atoms with E-state index in [0.29, 0.717) is 42.3 Å². The minimum Gasteiger partial charge on any atom is -0.465 e. The Bertz CT molecular complexity index is 971. The van der Waals surface area contributed by atoms with Crippen LogP contribution in [-0.4, -0.2) is 35.8 Å². The Balaban J connectivity index is 1.42. The molecule has 4 rings (SSSR count). The third-order valence-electron chi connectivity index (χ3n) is 5.49. The van der Waals surface area contributed by atoms with E-state index >= 15 is 0 Å². The average molecular weight is 444 g/mol. The van der Waals surface area contributed by atoms with Gasteiger partial charge in [0.25, 0.3) is 5.91 Å². The summed E-state index contributed by atoms with van der Waals surface area (Å²) in [7, 11) is 0. The maximum absolute atomic E-state index is 12.9. The smallest absolute Gasteiger partial charge is 0.409 e. The Morgan fingerprint density at radius 1 is 1.13 bits per heavy atom. The lowest BCUT2D eigenvalue weighted by atomic mass is 9.91. The van der Waals surface area contributed by atoms with Gasteiger partial charge in [-0.3, -0.25) is 10.1 Å². The van der Waals surface area contributed by atoms with Crippen molar-refractivity contribution in [2.45, 2.75) is 44.8 Å². The first-order valence-electron chi connectivity index (χ1n) is 10.4. The Morgan fingerprint density at radius 3 is 2.61 bits per heavy atom. The third-order valence-corrected chi connectivity index (χ3v) is 6.70. The van der Waals surface area contributed by atoms with Crippen LogP contribution in [0.3, 0.4) is 0 Å². The number of nitrogens with one attached hydrogen (secondary N) is 3. The summed E-state index contributed by atoms with van der Waals surface area (Å²) < 4.78 is 5.31. The fourth-order valence-electron chi connectivity index (χ4n) is 3.71. The average Bonchev–Trinajstić information content (AvgIpc) is 3.51. The molecule has 1 aromatic heterocycles.